The van der Waals surface area contributed by atoms with Gasteiger partial charge in [-0.1, -0.05) is 24.1 Å². The quantitative estimate of drug-likeness (QED) is 0.746. The lowest BCUT2D eigenvalue weighted by atomic mass is 10.1. The van der Waals surface area contributed by atoms with Gasteiger partial charge >= 0.3 is 0 Å². The third-order valence-electron chi connectivity index (χ3n) is 3.68. The molecular formula is C19H12F2N2O2. The lowest BCUT2D eigenvalue weighted by molar-refractivity contribution is 0.101. The number of pyridine rings is 1. The number of benzene rings is 2. The van der Waals surface area contributed by atoms with Gasteiger partial charge in [0, 0.05) is 11.5 Å². The maximum atomic E-state index is 13.8. The van der Waals surface area contributed by atoms with E-state index < -0.39 is 23.1 Å². The minimum Gasteiger partial charge on any atom is -0.318 e. The maximum Gasteiger partial charge on any atom is 0.272 e. The first kappa shape index (κ1) is 16.4. The Kier molecular flexibility index (Phi) is 4.31. The van der Waals surface area contributed by atoms with Crippen molar-refractivity contribution in [2.24, 2.45) is 0 Å². The molecular weight excluding hydrogens is 326 g/mol. The number of carbonyl (C=O) groups excluding carboxylic acids is 1. The topological polar surface area (TPSA) is 51.1 Å². The number of nitrogens with zero attached hydrogens (tertiary/aromatic N) is 1. The van der Waals surface area contributed by atoms with Crippen molar-refractivity contribution in [2.75, 3.05) is 5.32 Å². The van der Waals surface area contributed by atoms with Crippen LogP contribution in [-0.2, 0) is 6.54 Å². The molecule has 0 aliphatic rings. The van der Waals surface area contributed by atoms with E-state index in [-0.39, 0.29) is 17.9 Å². The Morgan fingerprint density at radius 1 is 1.16 bits per heavy atom. The zero-order valence-corrected chi connectivity index (χ0v) is 12.9. The fraction of sp³-hybridized carbons (Fsp3) is 0.0526. The van der Waals surface area contributed by atoms with Gasteiger partial charge in [0.15, 0.2) is 0 Å². The lowest BCUT2D eigenvalue weighted by Gasteiger charge is -2.13. The average molecular weight is 338 g/mol. The Hall–Kier alpha value is -3.46. The highest BCUT2D eigenvalue weighted by molar-refractivity contribution is 6.05. The number of terminal acetylenes is 1. The molecule has 0 radical (unpaired) electrons. The molecule has 0 aliphatic carbocycles. The molecule has 1 N–H and O–H groups in total. The van der Waals surface area contributed by atoms with Crippen molar-refractivity contribution in [3.8, 4) is 12.3 Å². The molecule has 25 heavy (non-hydrogen) atoms. The standard InChI is InChI=1S/C19H12F2N2O2/c1-2-9-23-17(10-12-5-3-4-6-14(12)19(23)25)18(24)22-16-8-7-13(20)11-15(16)21/h1,3-8,10-11H,9H2,(H,22,24). The molecule has 3 rings (SSSR count). The van der Waals surface area contributed by atoms with Gasteiger partial charge in [0.05, 0.1) is 12.2 Å². The Morgan fingerprint density at radius 3 is 2.64 bits per heavy atom. The summed E-state index contributed by atoms with van der Waals surface area (Å²) in [6.45, 7) is -0.113. The highest BCUT2D eigenvalue weighted by Crippen LogP contribution is 2.17. The van der Waals surface area contributed by atoms with Crippen LogP contribution >= 0.6 is 0 Å². The third kappa shape index (κ3) is 3.12. The van der Waals surface area contributed by atoms with Gasteiger partial charge in [-0.25, -0.2) is 8.78 Å². The number of rotatable bonds is 3. The summed E-state index contributed by atoms with van der Waals surface area (Å²) in [5, 5.41) is 3.31. The smallest absolute Gasteiger partial charge is 0.272 e. The summed E-state index contributed by atoms with van der Waals surface area (Å²) in [6, 6.07) is 11.0. The number of fused-ring (bicyclic) bond motifs is 1. The van der Waals surface area contributed by atoms with Crippen molar-refractivity contribution in [3.05, 3.63) is 76.2 Å². The van der Waals surface area contributed by atoms with Crippen molar-refractivity contribution < 1.29 is 13.6 Å². The molecule has 1 heterocycles. The van der Waals surface area contributed by atoms with E-state index in [0.29, 0.717) is 16.8 Å². The number of carbonyl (C=O) groups is 1. The van der Waals surface area contributed by atoms with Gasteiger partial charge in [-0.15, -0.1) is 6.42 Å². The minimum atomic E-state index is -0.917. The summed E-state index contributed by atoms with van der Waals surface area (Å²) in [4.78, 5) is 25.1. The highest BCUT2D eigenvalue weighted by Gasteiger charge is 2.16. The molecule has 2 aromatic carbocycles. The monoisotopic (exact) mass is 338 g/mol. The molecule has 4 nitrogen and oxygen atoms in total. The highest BCUT2D eigenvalue weighted by atomic mass is 19.1. The van der Waals surface area contributed by atoms with Crippen LogP contribution in [-0.4, -0.2) is 10.5 Å². The normalized spacial score (nSPS) is 10.4. The number of anilines is 1. The first-order valence-corrected chi connectivity index (χ1v) is 7.33. The van der Waals surface area contributed by atoms with Crippen LogP contribution in [0.1, 0.15) is 10.5 Å². The zero-order chi connectivity index (χ0) is 18.0. The van der Waals surface area contributed by atoms with E-state index in [0.717, 1.165) is 16.7 Å². The van der Waals surface area contributed by atoms with Gasteiger partial charge in [-0.2, -0.15) is 0 Å². The van der Waals surface area contributed by atoms with E-state index in [1.807, 2.05) is 0 Å². The van der Waals surface area contributed by atoms with Crippen LogP contribution in [0.5, 0.6) is 0 Å². The molecule has 0 unspecified atom stereocenters. The van der Waals surface area contributed by atoms with Crippen LogP contribution in [0.2, 0.25) is 0 Å². The summed E-state index contributed by atoms with van der Waals surface area (Å²) < 4.78 is 27.9. The van der Waals surface area contributed by atoms with E-state index in [1.54, 1.807) is 24.3 Å². The predicted molar refractivity (Wildman–Crippen MR) is 91.4 cm³/mol. The zero-order valence-electron chi connectivity index (χ0n) is 12.9. The Balaban J connectivity index is 2.10. The van der Waals surface area contributed by atoms with E-state index in [2.05, 4.69) is 11.2 Å². The van der Waals surface area contributed by atoms with Crippen molar-refractivity contribution in [1.29, 1.82) is 0 Å². The SMILES string of the molecule is C#CCn1c(C(=O)Nc2ccc(F)cc2F)cc2ccccc2c1=O. The Labute approximate surface area is 141 Å². The number of aromatic nitrogens is 1. The first-order chi connectivity index (χ1) is 12.0. The summed E-state index contributed by atoms with van der Waals surface area (Å²) in [5.41, 5.74) is -0.620. The van der Waals surface area contributed by atoms with Gasteiger partial charge < -0.3 is 5.32 Å². The van der Waals surface area contributed by atoms with Gasteiger partial charge in [0.1, 0.15) is 17.3 Å². The lowest BCUT2D eigenvalue weighted by Crippen LogP contribution is -2.28. The van der Waals surface area contributed by atoms with E-state index in [1.165, 1.54) is 6.07 Å². The predicted octanol–water partition coefficient (Wildman–Crippen LogP) is 3.17. The molecule has 0 aliphatic heterocycles. The number of halogens is 2. The van der Waals surface area contributed by atoms with Crippen molar-refractivity contribution >= 4 is 22.4 Å². The van der Waals surface area contributed by atoms with Crippen LogP contribution < -0.4 is 10.9 Å². The molecule has 0 fully saturated rings. The molecule has 0 spiro atoms. The van der Waals surface area contributed by atoms with Crippen LogP contribution in [0, 0.1) is 24.0 Å². The van der Waals surface area contributed by atoms with E-state index in [4.69, 9.17) is 6.42 Å². The summed E-state index contributed by atoms with van der Waals surface area (Å²) in [7, 11) is 0. The van der Waals surface area contributed by atoms with E-state index >= 15 is 0 Å². The number of hydrogen-bond acceptors (Lipinski definition) is 2. The number of hydrogen-bond donors (Lipinski definition) is 1. The fourth-order valence-corrected chi connectivity index (χ4v) is 2.51. The molecule has 3 aromatic rings. The first-order valence-electron chi connectivity index (χ1n) is 7.33. The second-order valence-electron chi connectivity index (χ2n) is 5.29. The molecule has 1 amide bonds. The van der Waals surface area contributed by atoms with E-state index in [9.17, 15) is 18.4 Å². The molecule has 1 aromatic heterocycles. The van der Waals surface area contributed by atoms with Gasteiger partial charge in [-0.3, -0.25) is 14.2 Å². The largest absolute Gasteiger partial charge is 0.318 e. The third-order valence-corrected chi connectivity index (χ3v) is 3.68. The molecule has 0 atom stereocenters. The second-order valence-corrected chi connectivity index (χ2v) is 5.29. The Morgan fingerprint density at radius 2 is 1.92 bits per heavy atom. The average Bonchev–Trinajstić information content (AvgIpc) is 2.59. The van der Waals surface area contributed by atoms with Crippen molar-refractivity contribution in [3.63, 3.8) is 0 Å². The van der Waals surface area contributed by atoms with Crippen LogP contribution in [0.15, 0.2) is 53.3 Å². The molecule has 6 heteroatoms. The van der Waals surface area contributed by atoms with Gasteiger partial charge in [0.2, 0.25) is 0 Å². The molecule has 124 valence electrons. The molecule has 0 bridgehead atoms. The van der Waals surface area contributed by atoms with Crippen LogP contribution in [0.4, 0.5) is 14.5 Å². The molecule has 0 saturated carbocycles. The van der Waals surface area contributed by atoms with Crippen molar-refractivity contribution in [2.45, 2.75) is 6.54 Å². The molecule has 0 saturated heterocycles. The second kappa shape index (κ2) is 6.57. The Bertz CT molecular complexity index is 1080. The summed E-state index contributed by atoms with van der Waals surface area (Å²) in [5.74, 6) is -0.0676. The maximum absolute atomic E-state index is 13.8. The van der Waals surface area contributed by atoms with Crippen molar-refractivity contribution in [1.82, 2.24) is 4.57 Å². The fourth-order valence-electron chi connectivity index (χ4n) is 2.51. The minimum absolute atomic E-state index is 0.00891. The van der Waals surface area contributed by atoms with Crippen LogP contribution in [0.3, 0.4) is 0 Å². The van der Waals surface area contributed by atoms with Gasteiger partial charge in [-0.05, 0) is 29.7 Å². The van der Waals surface area contributed by atoms with Crippen LogP contribution in [0.25, 0.3) is 10.8 Å². The number of nitrogens with one attached hydrogen (secondary N) is 1. The summed E-state index contributed by atoms with van der Waals surface area (Å²) >= 11 is 0. The number of amides is 1. The van der Waals surface area contributed by atoms with Gasteiger partial charge in [0.25, 0.3) is 11.5 Å². The summed E-state index contributed by atoms with van der Waals surface area (Å²) in [6.07, 6.45) is 5.29.